The number of likely N-dealkylation sites (N-methyl/N-ethyl adjacent to an activating group) is 1. The van der Waals surface area contributed by atoms with E-state index in [9.17, 15) is 8.42 Å². The van der Waals surface area contributed by atoms with Crippen molar-refractivity contribution in [2.45, 2.75) is 25.1 Å². The van der Waals surface area contributed by atoms with Crippen LogP contribution in [0.2, 0.25) is 0 Å². The zero-order valence-electron chi connectivity index (χ0n) is 12.7. The first-order chi connectivity index (χ1) is 10.0. The Morgan fingerprint density at radius 1 is 1.24 bits per heavy atom. The molecule has 1 saturated heterocycles. The summed E-state index contributed by atoms with van der Waals surface area (Å²) in [7, 11) is -1.60. The summed E-state index contributed by atoms with van der Waals surface area (Å²) in [4.78, 5) is 2.32. The van der Waals surface area contributed by atoms with Crippen LogP contribution in [0.25, 0.3) is 0 Å². The molecule has 6 heteroatoms. The summed E-state index contributed by atoms with van der Waals surface area (Å²) in [6.45, 7) is 3.98. The van der Waals surface area contributed by atoms with Crippen LogP contribution in [0.3, 0.4) is 0 Å². The highest BCUT2D eigenvalue weighted by atomic mass is 32.2. The molecular weight excluding hydrogens is 286 g/mol. The van der Waals surface area contributed by atoms with E-state index in [0.29, 0.717) is 13.1 Å². The molecule has 21 heavy (non-hydrogen) atoms. The second kappa shape index (κ2) is 7.35. The monoisotopic (exact) mass is 311 g/mol. The quantitative estimate of drug-likeness (QED) is 0.816. The van der Waals surface area contributed by atoms with Gasteiger partial charge in [0.15, 0.2) is 0 Å². The largest absolute Gasteiger partial charge is 0.326 e. The number of hydrogen-bond donors (Lipinski definition) is 1. The van der Waals surface area contributed by atoms with Crippen molar-refractivity contribution in [1.82, 2.24) is 9.21 Å². The van der Waals surface area contributed by atoms with E-state index < -0.39 is 10.0 Å². The number of nitrogens with two attached hydrogens (primary N) is 1. The second-order valence-electron chi connectivity index (χ2n) is 5.65. The lowest BCUT2D eigenvalue weighted by Gasteiger charge is -2.21. The lowest BCUT2D eigenvalue weighted by Crippen LogP contribution is -2.35. The molecule has 0 bridgehead atoms. The molecule has 2 rings (SSSR count). The van der Waals surface area contributed by atoms with Crippen molar-refractivity contribution in [2.24, 2.45) is 5.73 Å². The SMILES string of the molecule is CN(CCN1CCCC1)S(=O)(=O)Cc1cccc(CN)c1. The minimum atomic E-state index is -3.26. The first-order valence-electron chi connectivity index (χ1n) is 7.45. The molecule has 0 radical (unpaired) electrons. The van der Waals surface area contributed by atoms with Crippen molar-refractivity contribution < 1.29 is 8.42 Å². The van der Waals surface area contributed by atoms with Gasteiger partial charge in [-0.3, -0.25) is 0 Å². The molecule has 5 nitrogen and oxygen atoms in total. The summed E-state index contributed by atoms with van der Waals surface area (Å²) in [6, 6.07) is 7.47. The Balaban J connectivity index is 1.92. The Kier molecular flexibility index (Phi) is 5.75. The fourth-order valence-electron chi connectivity index (χ4n) is 2.59. The summed E-state index contributed by atoms with van der Waals surface area (Å²) in [5, 5.41) is 0. The Labute approximate surface area is 127 Å². The highest BCUT2D eigenvalue weighted by molar-refractivity contribution is 7.88. The van der Waals surface area contributed by atoms with Gasteiger partial charge in [-0.25, -0.2) is 12.7 Å². The minimum absolute atomic E-state index is 0.0390. The molecule has 0 spiro atoms. The zero-order chi connectivity index (χ0) is 15.3. The lowest BCUT2D eigenvalue weighted by molar-refractivity contribution is 0.310. The Bertz CT molecular complexity index is 554. The predicted molar refractivity (Wildman–Crippen MR) is 85.3 cm³/mol. The van der Waals surface area contributed by atoms with Gasteiger partial charge in [0, 0.05) is 26.7 Å². The van der Waals surface area contributed by atoms with Crippen molar-refractivity contribution in [3.8, 4) is 0 Å². The van der Waals surface area contributed by atoms with Crippen molar-refractivity contribution in [3.05, 3.63) is 35.4 Å². The summed E-state index contributed by atoms with van der Waals surface area (Å²) < 4.78 is 26.2. The zero-order valence-corrected chi connectivity index (χ0v) is 13.5. The molecule has 1 aromatic carbocycles. The molecule has 0 atom stereocenters. The van der Waals surface area contributed by atoms with E-state index in [1.54, 1.807) is 7.05 Å². The van der Waals surface area contributed by atoms with Gasteiger partial charge in [-0.05, 0) is 37.1 Å². The standard InChI is InChI=1S/C15H25N3O2S/c1-17(9-10-18-7-2-3-8-18)21(19,20)13-15-6-4-5-14(11-15)12-16/h4-6,11H,2-3,7-10,12-13,16H2,1H3. The summed E-state index contributed by atoms with van der Waals surface area (Å²) in [6.07, 6.45) is 2.45. The molecule has 1 fully saturated rings. The number of hydrogen-bond acceptors (Lipinski definition) is 4. The van der Waals surface area contributed by atoms with E-state index in [1.807, 2.05) is 24.3 Å². The van der Waals surface area contributed by atoms with Gasteiger partial charge in [-0.1, -0.05) is 24.3 Å². The maximum atomic E-state index is 12.4. The van der Waals surface area contributed by atoms with Gasteiger partial charge in [-0.15, -0.1) is 0 Å². The smallest absolute Gasteiger partial charge is 0.218 e. The van der Waals surface area contributed by atoms with Crippen LogP contribution in [0.15, 0.2) is 24.3 Å². The Morgan fingerprint density at radius 3 is 2.57 bits per heavy atom. The third kappa shape index (κ3) is 4.78. The molecule has 0 unspecified atom stereocenters. The highest BCUT2D eigenvalue weighted by Gasteiger charge is 2.20. The van der Waals surface area contributed by atoms with Gasteiger partial charge in [0.25, 0.3) is 0 Å². The summed E-state index contributed by atoms with van der Waals surface area (Å²) in [5.74, 6) is 0.0390. The third-order valence-electron chi connectivity index (χ3n) is 3.98. The van der Waals surface area contributed by atoms with Gasteiger partial charge in [0.2, 0.25) is 10.0 Å². The van der Waals surface area contributed by atoms with Crippen LogP contribution in [0, 0.1) is 0 Å². The van der Waals surface area contributed by atoms with Crippen LogP contribution in [0.4, 0.5) is 0 Å². The molecule has 1 aliphatic heterocycles. The maximum absolute atomic E-state index is 12.4. The van der Waals surface area contributed by atoms with Crippen LogP contribution in [-0.2, 0) is 22.3 Å². The van der Waals surface area contributed by atoms with Crippen molar-refractivity contribution >= 4 is 10.0 Å². The topological polar surface area (TPSA) is 66.6 Å². The summed E-state index contributed by atoms with van der Waals surface area (Å²) in [5.41, 5.74) is 7.35. The van der Waals surface area contributed by atoms with Gasteiger partial charge in [0.05, 0.1) is 5.75 Å². The number of sulfonamides is 1. The average Bonchev–Trinajstić information content (AvgIpc) is 2.97. The molecule has 1 aliphatic rings. The maximum Gasteiger partial charge on any atom is 0.218 e. The van der Waals surface area contributed by atoms with Gasteiger partial charge in [-0.2, -0.15) is 0 Å². The Morgan fingerprint density at radius 2 is 1.90 bits per heavy atom. The first-order valence-corrected chi connectivity index (χ1v) is 9.06. The third-order valence-corrected chi connectivity index (χ3v) is 5.81. The molecule has 0 amide bonds. The molecule has 0 saturated carbocycles. The van der Waals surface area contributed by atoms with E-state index >= 15 is 0 Å². The van der Waals surface area contributed by atoms with E-state index in [-0.39, 0.29) is 5.75 Å². The van der Waals surface area contributed by atoms with Crippen molar-refractivity contribution in [3.63, 3.8) is 0 Å². The molecule has 1 heterocycles. The van der Waals surface area contributed by atoms with Crippen LogP contribution in [-0.4, -0.2) is 50.8 Å². The fourth-order valence-corrected chi connectivity index (χ4v) is 3.78. The number of likely N-dealkylation sites (tertiary alicyclic amines) is 1. The van der Waals surface area contributed by atoms with Gasteiger partial charge < -0.3 is 10.6 Å². The predicted octanol–water partition coefficient (Wildman–Crippen LogP) is 1.00. The van der Waals surface area contributed by atoms with Crippen molar-refractivity contribution in [2.75, 3.05) is 33.2 Å². The molecule has 0 aromatic heterocycles. The lowest BCUT2D eigenvalue weighted by atomic mass is 10.1. The minimum Gasteiger partial charge on any atom is -0.326 e. The number of benzene rings is 1. The molecule has 118 valence electrons. The molecule has 0 aliphatic carbocycles. The van der Waals surface area contributed by atoms with E-state index in [2.05, 4.69) is 4.90 Å². The number of rotatable bonds is 7. The molecule has 1 aromatic rings. The van der Waals surface area contributed by atoms with Crippen molar-refractivity contribution in [1.29, 1.82) is 0 Å². The van der Waals surface area contributed by atoms with Gasteiger partial charge >= 0.3 is 0 Å². The second-order valence-corrected chi connectivity index (χ2v) is 7.73. The van der Waals surface area contributed by atoms with E-state index in [4.69, 9.17) is 5.73 Å². The fraction of sp³-hybridized carbons (Fsp3) is 0.600. The average molecular weight is 311 g/mol. The van der Waals surface area contributed by atoms with Crippen LogP contribution in [0.5, 0.6) is 0 Å². The highest BCUT2D eigenvalue weighted by Crippen LogP contribution is 2.12. The molecular formula is C15H25N3O2S. The van der Waals surface area contributed by atoms with Crippen LogP contribution in [0.1, 0.15) is 24.0 Å². The van der Waals surface area contributed by atoms with Gasteiger partial charge in [0.1, 0.15) is 0 Å². The van der Waals surface area contributed by atoms with Crippen LogP contribution >= 0.6 is 0 Å². The Hall–Kier alpha value is -0.950. The summed E-state index contributed by atoms with van der Waals surface area (Å²) >= 11 is 0. The molecule has 2 N–H and O–H groups in total. The normalized spacial score (nSPS) is 16.7. The van der Waals surface area contributed by atoms with E-state index in [1.165, 1.54) is 17.1 Å². The first kappa shape index (κ1) is 16.4. The van der Waals surface area contributed by atoms with Crippen LogP contribution < -0.4 is 5.73 Å². The van der Waals surface area contributed by atoms with E-state index in [0.717, 1.165) is 30.8 Å². The number of nitrogens with zero attached hydrogens (tertiary/aromatic N) is 2.